The van der Waals surface area contributed by atoms with Crippen molar-refractivity contribution in [2.45, 2.75) is 51.2 Å². The summed E-state index contributed by atoms with van der Waals surface area (Å²) in [4.78, 5) is 21.8. The second-order valence-corrected chi connectivity index (χ2v) is 3.80. The van der Waals surface area contributed by atoms with Crippen LogP contribution in [0.25, 0.3) is 0 Å². The van der Waals surface area contributed by atoms with Crippen molar-refractivity contribution in [3.63, 3.8) is 0 Å². The fourth-order valence-electron chi connectivity index (χ4n) is 1.41. The Morgan fingerprint density at radius 3 is 2.06 bits per heavy atom. The van der Waals surface area contributed by atoms with Gasteiger partial charge in [0, 0.05) is 0 Å². The summed E-state index contributed by atoms with van der Waals surface area (Å²) in [6.07, 6.45) is -4.11. The Morgan fingerprint density at radius 1 is 1.24 bits per heavy atom. The molecular weight excluding hydrogens is 239 g/mol. The van der Waals surface area contributed by atoms with E-state index in [9.17, 15) is 22.8 Å². The van der Waals surface area contributed by atoms with Crippen LogP contribution < -0.4 is 5.32 Å². The van der Waals surface area contributed by atoms with Gasteiger partial charge in [0.05, 0.1) is 0 Å². The van der Waals surface area contributed by atoms with Gasteiger partial charge in [-0.05, 0) is 12.8 Å². The second kappa shape index (κ2) is 5.88. The Labute approximate surface area is 97.2 Å². The highest BCUT2D eigenvalue weighted by Crippen LogP contribution is 2.23. The minimum atomic E-state index is -5.07. The molecule has 0 aromatic heterocycles. The Bertz CT molecular complexity index is 291. The van der Waals surface area contributed by atoms with Crippen molar-refractivity contribution in [3.8, 4) is 0 Å². The van der Waals surface area contributed by atoms with Crippen molar-refractivity contribution in [2.24, 2.45) is 0 Å². The summed E-state index contributed by atoms with van der Waals surface area (Å²) in [7, 11) is 0. The van der Waals surface area contributed by atoms with Crippen molar-refractivity contribution in [2.75, 3.05) is 0 Å². The van der Waals surface area contributed by atoms with Gasteiger partial charge in [-0.1, -0.05) is 26.7 Å². The predicted octanol–water partition coefficient (Wildman–Crippen LogP) is 2.09. The Hall–Kier alpha value is -1.27. The van der Waals surface area contributed by atoms with E-state index in [0.29, 0.717) is 12.8 Å². The summed E-state index contributed by atoms with van der Waals surface area (Å²) in [5.74, 6) is -3.65. The monoisotopic (exact) mass is 255 g/mol. The van der Waals surface area contributed by atoms with Gasteiger partial charge in [-0.25, -0.2) is 4.79 Å². The number of rotatable bonds is 6. The highest BCUT2D eigenvalue weighted by atomic mass is 19.4. The number of hydrogen-bond acceptors (Lipinski definition) is 2. The van der Waals surface area contributed by atoms with Crippen LogP contribution in [0.4, 0.5) is 13.2 Å². The molecule has 0 saturated carbocycles. The standard InChI is InChI=1S/C10H16F3NO3/c1-3-5-6-9(4-2,8(16)17)14-7(15)10(11,12)13/h3-6H2,1-2H3,(H,14,15)(H,16,17)/t9-/m0/s1. The number of halogens is 3. The van der Waals surface area contributed by atoms with Crippen molar-refractivity contribution in [1.82, 2.24) is 5.32 Å². The van der Waals surface area contributed by atoms with Gasteiger partial charge in [0.2, 0.25) is 0 Å². The predicted molar refractivity (Wildman–Crippen MR) is 54.4 cm³/mol. The molecule has 0 aromatic carbocycles. The van der Waals surface area contributed by atoms with E-state index < -0.39 is 23.6 Å². The zero-order chi connectivity index (χ0) is 13.7. The van der Waals surface area contributed by atoms with Gasteiger partial charge in [-0.2, -0.15) is 13.2 Å². The minimum absolute atomic E-state index is 0.0167. The number of carboxylic acids is 1. The lowest BCUT2D eigenvalue weighted by Crippen LogP contribution is -2.57. The van der Waals surface area contributed by atoms with E-state index in [0.717, 1.165) is 0 Å². The maximum Gasteiger partial charge on any atom is 0.471 e. The number of amides is 1. The van der Waals surface area contributed by atoms with Gasteiger partial charge in [0.1, 0.15) is 5.54 Å². The molecule has 1 amide bonds. The average molecular weight is 255 g/mol. The van der Waals surface area contributed by atoms with E-state index >= 15 is 0 Å². The molecule has 0 bridgehead atoms. The number of nitrogens with one attached hydrogen (secondary N) is 1. The molecule has 0 fully saturated rings. The van der Waals surface area contributed by atoms with Crippen LogP contribution in [0.15, 0.2) is 0 Å². The number of carbonyl (C=O) groups is 2. The molecule has 0 rings (SSSR count). The second-order valence-electron chi connectivity index (χ2n) is 3.80. The summed E-state index contributed by atoms with van der Waals surface area (Å²) in [6, 6.07) is 0. The summed E-state index contributed by atoms with van der Waals surface area (Å²) < 4.78 is 36.3. The van der Waals surface area contributed by atoms with Crippen LogP contribution in [0.5, 0.6) is 0 Å². The number of carboxylic acid groups (broad SMARTS) is 1. The van der Waals surface area contributed by atoms with E-state index in [1.165, 1.54) is 6.92 Å². The fourth-order valence-corrected chi connectivity index (χ4v) is 1.41. The number of hydrogen-bond donors (Lipinski definition) is 2. The smallest absolute Gasteiger partial charge is 0.471 e. The average Bonchev–Trinajstić information content (AvgIpc) is 2.22. The normalized spacial score (nSPS) is 15.1. The van der Waals surface area contributed by atoms with E-state index in [1.54, 1.807) is 12.2 Å². The van der Waals surface area contributed by atoms with Gasteiger partial charge in [0.25, 0.3) is 0 Å². The number of aliphatic carboxylic acids is 1. The summed E-state index contributed by atoms with van der Waals surface area (Å²) in [5, 5.41) is 10.6. The van der Waals surface area contributed by atoms with Crippen LogP contribution in [0.1, 0.15) is 39.5 Å². The lowest BCUT2D eigenvalue weighted by Gasteiger charge is -2.29. The maximum atomic E-state index is 12.1. The molecule has 0 aromatic rings. The molecule has 100 valence electrons. The lowest BCUT2D eigenvalue weighted by molar-refractivity contribution is -0.178. The lowest BCUT2D eigenvalue weighted by atomic mass is 9.89. The molecule has 0 unspecified atom stereocenters. The zero-order valence-electron chi connectivity index (χ0n) is 9.73. The van der Waals surface area contributed by atoms with Crippen LogP contribution >= 0.6 is 0 Å². The minimum Gasteiger partial charge on any atom is -0.480 e. The first-order valence-corrected chi connectivity index (χ1v) is 5.32. The molecule has 0 aliphatic rings. The maximum absolute atomic E-state index is 12.1. The topological polar surface area (TPSA) is 66.4 Å². The van der Waals surface area contributed by atoms with Crippen LogP contribution in [0, 0.1) is 0 Å². The molecule has 0 aliphatic heterocycles. The van der Waals surface area contributed by atoms with Crippen LogP contribution in [-0.2, 0) is 9.59 Å². The molecule has 1 atom stereocenters. The molecule has 4 nitrogen and oxygen atoms in total. The molecular formula is C10H16F3NO3. The fraction of sp³-hybridized carbons (Fsp3) is 0.800. The van der Waals surface area contributed by atoms with Crippen molar-refractivity contribution in [3.05, 3.63) is 0 Å². The number of unbranched alkanes of at least 4 members (excludes halogenated alkanes) is 1. The van der Waals surface area contributed by atoms with Gasteiger partial charge < -0.3 is 10.4 Å². The van der Waals surface area contributed by atoms with Crippen molar-refractivity contribution in [1.29, 1.82) is 0 Å². The summed E-state index contributed by atoms with van der Waals surface area (Å²) >= 11 is 0. The molecule has 2 N–H and O–H groups in total. The Balaban J connectivity index is 4.93. The third-order valence-corrected chi connectivity index (χ3v) is 2.58. The Morgan fingerprint density at radius 2 is 1.76 bits per heavy atom. The van der Waals surface area contributed by atoms with E-state index in [-0.39, 0.29) is 12.8 Å². The highest BCUT2D eigenvalue weighted by Gasteiger charge is 2.46. The van der Waals surface area contributed by atoms with Crippen LogP contribution in [0.2, 0.25) is 0 Å². The molecule has 0 aliphatic carbocycles. The van der Waals surface area contributed by atoms with Crippen LogP contribution in [0.3, 0.4) is 0 Å². The SMILES string of the molecule is CCCC[C@](CC)(NC(=O)C(F)(F)F)C(=O)O. The number of alkyl halides is 3. The number of carbonyl (C=O) groups excluding carboxylic acids is 1. The van der Waals surface area contributed by atoms with Gasteiger partial charge in [-0.3, -0.25) is 4.79 Å². The molecule has 0 spiro atoms. The Kier molecular flexibility index (Phi) is 5.44. The third-order valence-electron chi connectivity index (χ3n) is 2.58. The van der Waals surface area contributed by atoms with E-state index in [4.69, 9.17) is 5.11 Å². The third kappa shape index (κ3) is 4.24. The first-order valence-electron chi connectivity index (χ1n) is 5.32. The first-order chi connectivity index (χ1) is 7.69. The quantitative estimate of drug-likeness (QED) is 0.763. The summed E-state index contributed by atoms with van der Waals surface area (Å²) in [5.41, 5.74) is -1.83. The molecule has 0 radical (unpaired) electrons. The summed E-state index contributed by atoms with van der Waals surface area (Å²) in [6.45, 7) is 3.22. The highest BCUT2D eigenvalue weighted by molar-refractivity contribution is 5.89. The van der Waals surface area contributed by atoms with Gasteiger partial charge in [0.15, 0.2) is 0 Å². The first kappa shape index (κ1) is 15.7. The van der Waals surface area contributed by atoms with E-state index in [1.807, 2.05) is 0 Å². The van der Waals surface area contributed by atoms with Crippen molar-refractivity contribution < 1.29 is 27.9 Å². The van der Waals surface area contributed by atoms with Crippen molar-refractivity contribution >= 4 is 11.9 Å². The zero-order valence-corrected chi connectivity index (χ0v) is 9.73. The van der Waals surface area contributed by atoms with Crippen LogP contribution in [-0.4, -0.2) is 28.7 Å². The van der Waals surface area contributed by atoms with Gasteiger partial charge in [-0.15, -0.1) is 0 Å². The van der Waals surface area contributed by atoms with E-state index in [2.05, 4.69) is 0 Å². The molecule has 0 saturated heterocycles. The molecule has 7 heteroatoms. The largest absolute Gasteiger partial charge is 0.480 e. The molecule has 0 heterocycles. The molecule has 17 heavy (non-hydrogen) atoms. The van der Waals surface area contributed by atoms with Gasteiger partial charge >= 0.3 is 18.1 Å².